The van der Waals surface area contributed by atoms with Crippen molar-refractivity contribution in [1.82, 2.24) is 14.9 Å². The summed E-state index contributed by atoms with van der Waals surface area (Å²) < 4.78 is 0. The molecule has 0 radical (unpaired) electrons. The Bertz CT molecular complexity index is 677. The molecule has 1 aliphatic heterocycles. The minimum atomic E-state index is 0.760. The molecule has 2 aromatic heterocycles. The van der Waals surface area contributed by atoms with Gasteiger partial charge in [0.1, 0.15) is 17.0 Å². The van der Waals surface area contributed by atoms with E-state index in [0.29, 0.717) is 0 Å². The largest absolute Gasteiger partial charge is 0.369 e. The predicted molar refractivity (Wildman–Crippen MR) is 102 cm³/mol. The van der Waals surface area contributed by atoms with Gasteiger partial charge in [-0.25, -0.2) is 9.97 Å². The number of thiophene rings is 1. The fourth-order valence-corrected chi connectivity index (χ4v) is 5.37. The third-order valence-electron chi connectivity index (χ3n) is 5.69. The van der Waals surface area contributed by atoms with Gasteiger partial charge in [-0.05, 0) is 51.6 Å². The number of piperidine rings is 1. The Labute approximate surface area is 148 Å². The summed E-state index contributed by atoms with van der Waals surface area (Å²) in [6.07, 6.45) is 12.8. The number of aromatic nitrogens is 2. The van der Waals surface area contributed by atoms with Gasteiger partial charge in [0.05, 0.1) is 5.39 Å². The molecule has 1 atom stereocenters. The van der Waals surface area contributed by atoms with Crippen LogP contribution in [0, 0.1) is 6.92 Å². The molecule has 3 heterocycles. The molecule has 2 aromatic rings. The van der Waals surface area contributed by atoms with Crippen molar-refractivity contribution >= 4 is 27.4 Å². The van der Waals surface area contributed by atoms with E-state index in [2.05, 4.69) is 33.2 Å². The van der Waals surface area contributed by atoms with Crippen molar-refractivity contribution < 1.29 is 0 Å². The van der Waals surface area contributed by atoms with Gasteiger partial charge in [-0.3, -0.25) is 4.90 Å². The molecule has 0 bridgehead atoms. The first kappa shape index (κ1) is 16.3. The summed E-state index contributed by atoms with van der Waals surface area (Å²) in [5.74, 6) is 1.01. The number of likely N-dealkylation sites (tertiary alicyclic amines) is 1. The smallest absolute Gasteiger partial charge is 0.138 e. The monoisotopic (exact) mass is 344 g/mol. The third kappa shape index (κ3) is 3.42. The molecule has 0 aromatic carbocycles. The van der Waals surface area contributed by atoms with Crippen molar-refractivity contribution in [3.05, 3.63) is 17.3 Å². The number of anilines is 1. The number of hydrogen-bond acceptors (Lipinski definition) is 5. The normalized spacial score (nSPS) is 23.1. The minimum absolute atomic E-state index is 0.760. The summed E-state index contributed by atoms with van der Waals surface area (Å²) in [5, 5.41) is 4.77. The zero-order valence-corrected chi connectivity index (χ0v) is 15.4. The van der Waals surface area contributed by atoms with Gasteiger partial charge in [-0.15, -0.1) is 11.3 Å². The molecule has 24 heavy (non-hydrogen) atoms. The van der Waals surface area contributed by atoms with E-state index in [-0.39, 0.29) is 0 Å². The molecule has 1 N–H and O–H groups in total. The second-order valence-electron chi connectivity index (χ2n) is 7.34. The van der Waals surface area contributed by atoms with Crippen LogP contribution in [0.25, 0.3) is 10.2 Å². The van der Waals surface area contributed by atoms with E-state index in [1.807, 2.05) is 0 Å². The SMILES string of the molecule is Cc1cc2c(NCC[C@@H]3CCCCN3C3CCCC3)ncnc2s1. The van der Waals surface area contributed by atoms with E-state index in [1.54, 1.807) is 17.7 Å². The lowest BCUT2D eigenvalue weighted by atomic mass is 9.96. The average Bonchev–Trinajstić information content (AvgIpc) is 3.24. The maximum Gasteiger partial charge on any atom is 0.138 e. The van der Waals surface area contributed by atoms with Crippen LogP contribution in [0.4, 0.5) is 5.82 Å². The molecule has 4 rings (SSSR count). The number of hydrogen-bond donors (Lipinski definition) is 1. The summed E-state index contributed by atoms with van der Waals surface area (Å²) in [5.41, 5.74) is 0. The van der Waals surface area contributed by atoms with Crippen molar-refractivity contribution in [3.63, 3.8) is 0 Å². The van der Waals surface area contributed by atoms with Gasteiger partial charge in [-0.2, -0.15) is 0 Å². The molecule has 5 heteroatoms. The quantitative estimate of drug-likeness (QED) is 0.861. The Morgan fingerprint density at radius 2 is 2.00 bits per heavy atom. The predicted octanol–water partition coefficient (Wildman–Crippen LogP) is 4.60. The van der Waals surface area contributed by atoms with E-state index in [9.17, 15) is 0 Å². The maximum absolute atomic E-state index is 4.47. The highest BCUT2D eigenvalue weighted by Gasteiger charge is 2.30. The van der Waals surface area contributed by atoms with Crippen molar-refractivity contribution in [3.8, 4) is 0 Å². The van der Waals surface area contributed by atoms with Crippen LogP contribution in [0.3, 0.4) is 0 Å². The average molecular weight is 345 g/mol. The van der Waals surface area contributed by atoms with Crippen LogP contribution in [0.5, 0.6) is 0 Å². The lowest BCUT2D eigenvalue weighted by molar-refractivity contribution is 0.0933. The summed E-state index contributed by atoms with van der Waals surface area (Å²) in [7, 11) is 0. The summed E-state index contributed by atoms with van der Waals surface area (Å²) in [6, 6.07) is 3.82. The van der Waals surface area contributed by atoms with Gasteiger partial charge in [0.25, 0.3) is 0 Å². The molecule has 1 aliphatic carbocycles. The molecule has 0 amide bonds. The number of fused-ring (bicyclic) bond motifs is 1. The fraction of sp³-hybridized carbons (Fsp3) is 0.684. The van der Waals surface area contributed by atoms with Crippen molar-refractivity contribution in [1.29, 1.82) is 0 Å². The fourth-order valence-electron chi connectivity index (χ4n) is 4.52. The van der Waals surface area contributed by atoms with Crippen molar-refractivity contribution in [2.24, 2.45) is 0 Å². The van der Waals surface area contributed by atoms with Crippen molar-refractivity contribution in [2.45, 2.75) is 70.4 Å². The second-order valence-corrected chi connectivity index (χ2v) is 8.57. The van der Waals surface area contributed by atoms with Crippen molar-refractivity contribution in [2.75, 3.05) is 18.4 Å². The first-order valence-corrected chi connectivity index (χ1v) is 10.3. The highest BCUT2D eigenvalue weighted by atomic mass is 32.1. The summed E-state index contributed by atoms with van der Waals surface area (Å²) in [4.78, 5) is 14.1. The van der Waals surface area contributed by atoms with E-state index in [1.165, 1.54) is 68.2 Å². The molecule has 4 nitrogen and oxygen atoms in total. The number of nitrogens with one attached hydrogen (secondary N) is 1. The van der Waals surface area contributed by atoms with Crippen LogP contribution in [0.2, 0.25) is 0 Å². The van der Waals surface area contributed by atoms with Crippen LogP contribution in [0.15, 0.2) is 12.4 Å². The Kier molecular flexibility index (Phi) is 4.99. The topological polar surface area (TPSA) is 41.0 Å². The highest BCUT2D eigenvalue weighted by Crippen LogP contribution is 2.31. The van der Waals surface area contributed by atoms with Gasteiger partial charge < -0.3 is 5.32 Å². The Morgan fingerprint density at radius 1 is 1.17 bits per heavy atom. The van der Waals surface area contributed by atoms with E-state index < -0.39 is 0 Å². The van der Waals surface area contributed by atoms with Crippen LogP contribution in [0.1, 0.15) is 56.2 Å². The summed E-state index contributed by atoms with van der Waals surface area (Å²) in [6.45, 7) is 4.46. The lowest BCUT2D eigenvalue weighted by Crippen LogP contribution is -2.45. The van der Waals surface area contributed by atoms with E-state index in [0.717, 1.165) is 29.3 Å². The molecule has 130 valence electrons. The Hall–Kier alpha value is -1.20. The Morgan fingerprint density at radius 3 is 2.88 bits per heavy atom. The van der Waals surface area contributed by atoms with Crippen LogP contribution in [-0.2, 0) is 0 Å². The number of rotatable bonds is 5. The molecule has 2 aliphatic rings. The zero-order chi connectivity index (χ0) is 16.4. The lowest BCUT2D eigenvalue weighted by Gasteiger charge is -2.40. The molecule has 1 saturated heterocycles. The molecule has 2 fully saturated rings. The summed E-state index contributed by atoms with van der Waals surface area (Å²) >= 11 is 1.75. The third-order valence-corrected chi connectivity index (χ3v) is 6.65. The minimum Gasteiger partial charge on any atom is -0.369 e. The molecule has 1 saturated carbocycles. The van der Waals surface area contributed by atoms with Crippen LogP contribution < -0.4 is 5.32 Å². The van der Waals surface area contributed by atoms with Gasteiger partial charge in [0.15, 0.2) is 0 Å². The molecule has 0 unspecified atom stereocenters. The van der Waals surface area contributed by atoms with Gasteiger partial charge in [0.2, 0.25) is 0 Å². The maximum atomic E-state index is 4.47. The number of nitrogens with zero attached hydrogens (tertiary/aromatic N) is 3. The van der Waals surface area contributed by atoms with Crippen LogP contribution in [-0.4, -0.2) is 40.0 Å². The second kappa shape index (κ2) is 7.36. The molecule has 0 spiro atoms. The standard InChI is InChI=1S/C19H28N4S/c1-14-12-17-18(21-13-22-19(17)24-14)20-10-9-16-8-4-5-11-23(16)15-6-2-3-7-15/h12-13,15-16H,2-11H2,1H3,(H,20,21,22)/t16-/m0/s1. The first-order valence-electron chi connectivity index (χ1n) is 9.52. The van der Waals surface area contributed by atoms with E-state index in [4.69, 9.17) is 0 Å². The van der Waals surface area contributed by atoms with Gasteiger partial charge in [0, 0.05) is 23.5 Å². The number of aryl methyl sites for hydroxylation is 1. The Balaban J connectivity index is 1.38. The zero-order valence-electron chi connectivity index (χ0n) is 14.6. The van der Waals surface area contributed by atoms with Gasteiger partial charge >= 0.3 is 0 Å². The molecular formula is C19H28N4S. The first-order chi connectivity index (χ1) is 11.8. The van der Waals surface area contributed by atoms with E-state index >= 15 is 0 Å². The highest BCUT2D eigenvalue weighted by molar-refractivity contribution is 7.18. The molecular weight excluding hydrogens is 316 g/mol. The van der Waals surface area contributed by atoms with Crippen LogP contribution >= 0.6 is 11.3 Å². The van der Waals surface area contributed by atoms with Gasteiger partial charge in [-0.1, -0.05) is 19.3 Å².